The summed E-state index contributed by atoms with van der Waals surface area (Å²) in [4.78, 5) is 0. The Bertz CT molecular complexity index is 496. The van der Waals surface area contributed by atoms with Crippen molar-refractivity contribution in [2.45, 2.75) is 20.0 Å². The number of hydrogen-bond acceptors (Lipinski definition) is 3. The Labute approximate surface area is 126 Å². The Morgan fingerprint density at radius 3 is 2.14 bits per heavy atom. The standard InChI is InChI=1S/C18H23NO2/c1-2-12-19-13-14-20-17-8-10-18(11-9-17)21-15-16-6-4-3-5-7-16/h3-11,19H,2,12-15H2,1H3. The summed E-state index contributed by atoms with van der Waals surface area (Å²) in [5.74, 6) is 1.73. The van der Waals surface area contributed by atoms with Gasteiger partial charge < -0.3 is 14.8 Å². The number of nitrogens with one attached hydrogen (secondary N) is 1. The summed E-state index contributed by atoms with van der Waals surface area (Å²) in [5, 5.41) is 3.31. The molecule has 0 aliphatic carbocycles. The van der Waals surface area contributed by atoms with Crippen LogP contribution in [0.3, 0.4) is 0 Å². The van der Waals surface area contributed by atoms with Gasteiger partial charge >= 0.3 is 0 Å². The molecular weight excluding hydrogens is 262 g/mol. The highest BCUT2D eigenvalue weighted by molar-refractivity contribution is 5.31. The third-order valence-corrected chi connectivity index (χ3v) is 3.05. The van der Waals surface area contributed by atoms with Crippen molar-refractivity contribution in [3.8, 4) is 11.5 Å². The molecule has 0 fully saturated rings. The third-order valence-electron chi connectivity index (χ3n) is 3.05. The van der Waals surface area contributed by atoms with E-state index in [0.717, 1.165) is 31.0 Å². The maximum Gasteiger partial charge on any atom is 0.120 e. The Hall–Kier alpha value is -2.00. The largest absolute Gasteiger partial charge is 0.492 e. The molecule has 0 aliphatic rings. The highest BCUT2D eigenvalue weighted by atomic mass is 16.5. The zero-order valence-electron chi connectivity index (χ0n) is 12.5. The normalized spacial score (nSPS) is 10.3. The molecule has 0 radical (unpaired) electrons. The maximum atomic E-state index is 5.74. The lowest BCUT2D eigenvalue weighted by atomic mass is 10.2. The molecule has 0 heterocycles. The van der Waals surface area contributed by atoms with Gasteiger partial charge in [0.05, 0.1) is 0 Å². The fraction of sp³-hybridized carbons (Fsp3) is 0.333. The minimum atomic E-state index is 0.585. The van der Waals surface area contributed by atoms with E-state index in [0.29, 0.717) is 13.2 Å². The van der Waals surface area contributed by atoms with E-state index in [1.165, 1.54) is 5.56 Å². The first-order chi connectivity index (χ1) is 10.4. The van der Waals surface area contributed by atoms with Crippen molar-refractivity contribution in [1.29, 1.82) is 0 Å². The van der Waals surface area contributed by atoms with E-state index in [2.05, 4.69) is 24.4 Å². The lowest BCUT2D eigenvalue weighted by molar-refractivity contribution is 0.300. The molecule has 3 nitrogen and oxygen atoms in total. The number of benzene rings is 2. The van der Waals surface area contributed by atoms with E-state index in [-0.39, 0.29) is 0 Å². The van der Waals surface area contributed by atoms with Crippen LogP contribution in [0, 0.1) is 0 Å². The molecule has 0 aromatic heterocycles. The molecule has 1 N–H and O–H groups in total. The summed E-state index contributed by atoms with van der Waals surface area (Å²) in [6, 6.07) is 17.9. The molecule has 21 heavy (non-hydrogen) atoms. The van der Waals surface area contributed by atoms with Gasteiger partial charge in [0.25, 0.3) is 0 Å². The molecule has 2 aromatic rings. The van der Waals surface area contributed by atoms with Crippen molar-refractivity contribution in [2.75, 3.05) is 19.7 Å². The fourth-order valence-electron chi connectivity index (χ4n) is 1.92. The lowest BCUT2D eigenvalue weighted by Crippen LogP contribution is -2.21. The second-order valence-corrected chi connectivity index (χ2v) is 4.84. The summed E-state index contributed by atoms with van der Waals surface area (Å²) < 4.78 is 11.4. The Kier molecular flexibility index (Phi) is 6.62. The van der Waals surface area contributed by atoms with Gasteiger partial charge in [0, 0.05) is 6.54 Å². The highest BCUT2D eigenvalue weighted by Gasteiger charge is 1.97. The van der Waals surface area contributed by atoms with E-state index in [1.807, 2.05) is 42.5 Å². The number of rotatable bonds is 9. The van der Waals surface area contributed by atoms with Gasteiger partial charge in [0.15, 0.2) is 0 Å². The van der Waals surface area contributed by atoms with Gasteiger partial charge in [-0.1, -0.05) is 37.3 Å². The van der Waals surface area contributed by atoms with Crippen LogP contribution in [0.15, 0.2) is 54.6 Å². The van der Waals surface area contributed by atoms with Crippen LogP contribution in [-0.4, -0.2) is 19.7 Å². The van der Waals surface area contributed by atoms with Crippen molar-refractivity contribution in [3.05, 3.63) is 60.2 Å². The minimum absolute atomic E-state index is 0.585. The van der Waals surface area contributed by atoms with Gasteiger partial charge in [0.1, 0.15) is 24.7 Å². The van der Waals surface area contributed by atoms with Crippen LogP contribution in [-0.2, 0) is 6.61 Å². The first-order valence-corrected chi connectivity index (χ1v) is 7.49. The second kappa shape index (κ2) is 9.03. The van der Waals surface area contributed by atoms with Crippen LogP contribution in [0.5, 0.6) is 11.5 Å². The first-order valence-electron chi connectivity index (χ1n) is 7.49. The van der Waals surface area contributed by atoms with Crippen molar-refractivity contribution in [3.63, 3.8) is 0 Å². The summed E-state index contributed by atoms with van der Waals surface area (Å²) in [5.41, 5.74) is 1.17. The topological polar surface area (TPSA) is 30.5 Å². The monoisotopic (exact) mass is 285 g/mol. The average molecular weight is 285 g/mol. The predicted octanol–water partition coefficient (Wildman–Crippen LogP) is 3.64. The third kappa shape index (κ3) is 5.88. The van der Waals surface area contributed by atoms with E-state index in [9.17, 15) is 0 Å². The molecule has 0 saturated carbocycles. The van der Waals surface area contributed by atoms with E-state index >= 15 is 0 Å². The van der Waals surface area contributed by atoms with Crippen LogP contribution >= 0.6 is 0 Å². The molecule has 0 spiro atoms. The smallest absolute Gasteiger partial charge is 0.120 e. The molecule has 112 valence electrons. The zero-order chi connectivity index (χ0) is 14.8. The van der Waals surface area contributed by atoms with Crippen molar-refractivity contribution in [1.82, 2.24) is 5.32 Å². The average Bonchev–Trinajstić information content (AvgIpc) is 2.55. The van der Waals surface area contributed by atoms with Gasteiger partial charge in [-0.25, -0.2) is 0 Å². The summed E-state index contributed by atoms with van der Waals surface area (Å²) in [7, 11) is 0. The van der Waals surface area contributed by atoms with Gasteiger partial charge in [0.2, 0.25) is 0 Å². The van der Waals surface area contributed by atoms with Crippen LogP contribution in [0.25, 0.3) is 0 Å². The van der Waals surface area contributed by atoms with E-state index in [4.69, 9.17) is 9.47 Å². The Morgan fingerprint density at radius 1 is 0.810 bits per heavy atom. The predicted molar refractivity (Wildman–Crippen MR) is 85.9 cm³/mol. The Morgan fingerprint density at radius 2 is 1.48 bits per heavy atom. The molecular formula is C18H23NO2. The quantitative estimate of drug-likeness (QED) is 0.713. The van der Waals surface area contributed by atoms with Crippen molar-refractivity contribution >= 4 is 0 Å². The van der Waals surface area contributed by atoms with Crippen LogP contribution in [0.4, 0.5) is 0 Å². The van der Waals surface area contributed by atoms with Gasteiger partial charge in [-0.3, -0.25) is 0 Å². The van der Waals surface area contributed by atoms with Gasteiger partial charge in [-0.2, -0.15) is 0 Å². The number of ether oxygens (including phenoxy) is 2. The molecule has 0 bridgehead atoms. The number of hydrogen-bond donors (Lipinski definition) is 1. The van der Waals surface area contributed by atoms with Crippen LogP contribution in [0.1, 0.15) is 18.9 Å². The molecule has 0 atom stereocenters. The lowest BCUT2D eigenvalue weighted by Gasteiger charge is -2.09. The fourth-order valence-corrected chi connectivity index (χ4v) is 1.92. The zero-order valence-corrected chi connectivity index (χ0v) is 12.5. The molecule has 0 saturated heterocycles. The molecule has 3 heteroatoms. The summed E-state index contributed by atoms with van der Waals surface area (Å²) >= 11 is 0. The van der Waals surface area contributed by atoms with Gasteiger partial charge in [-0.05, 0) is 42.8 Å². The van der Waals surface area contributed by atoms with Gasteiger partial charge in [-0.15, -0.1) is 0 Å². The van der Waals surface area contributed by atoms with Crippen LogP contribution in [0.2, 0.25) is 0 Å². The van der Waals surface area contributed by atoms with Crippen LogP contribution < -0.4 is 14.8 Å². The minimum Gasteiger partial charge on any atom is -0.492 e. The van der Waals surface area contributed by atoms with Crippen molar-refractivity contribution < 1.29 is 9.47 Å². The molecule has 0 amide bonds. The summed E-state index contributed by atoms with van der Waals surface area (Å²) in [6.07, 6.45) is 1.15. The molecule has 2 aromatic carbocycles. The van der Waals surface area contributed by atoms with E-state index < -0.39 is 0 Å². The SMILES string of the molecule is CCCNCCOc1ccc(OCc2ccccc2)cc1. The maximum absolute atomic E-state index is 5.74. The second-order valence-electron chi connectivity index (χ2n) is 4.84. The molecule has 0 unspecified atom stereocenters. The first kappa shape index (κ1) is 15.4. The Balaban J connectivity index is 1.71. The molecule has 2 rings (SSSR count). The summed E-state index contributed by atoms with van der Waals surface area (Å²) in [6.45, 7) is 5.34. The van der Waals surface area contributed by atoms with E-state index in [1.54, 1.807) is 0 Å². The molecule has 0 aliphatic heterocycles. The highest BCUT2D eigenvalue weighted by Crippen LogP contribution is 2.18. The van der Waals surface area contributed by atoms with Crippen molar-refractivity contribution in [2.24, 2.45) is 0 Å².